The Morgan fingerprint density at radius 2 is 0.821 bits per heavy atom. The van der Waals surface area contributed by atoms with E-state index in [0.717, 1.165) is 17.1 Å². The minimum Gasteiger partial charge on any atom is -0.310 e. The highest BCUT2D eigenvalue weighted by molar-refractivity contribution is 6.25. The largest absolute Gasteiger partial charge is 0.310 e. The van der Waals surface area contributed by atoms with E-state index >= 15 is 0 Å². The molecule has 0 aromatic heterocycles. The highest BCUT2D eigenvalue weighted by Gasteiger charge is 2.35. The number of rotatable bonds is 5. The zero-order valence-corrected chi connectivity index (χ0v) is 31.5. The lowest BCUT2D eigenvalue weighted by Gasteiger charge is -2.28. The van der Waals surface area contributed by atoms with Gasteiger partial charge in [0.2, 0.25) is 0 Å². The second-order valence-electron chi connectivity index (χ2n) is 15.7. The first-order valence-corrected chi connectivity index (χ1v) is 19.6. The maximum absolute atomic E-state index is 2.42. The van der Waals surface area contributed by atoms with Gasteiger partial charge in [-0.05, 0) is 130 Å². The highest BCUT2D eigenvalue weighted by atomic mass is 15.1. The van der Waals surface area contributed by atoms with Gasteiger partial charge in [-0.15, -0.1) is 0 Å². The first-order chi connectivity index (χ1) is 27.5. The lowest BCUT2D eigenvalue weighted by molar-refractivity contribution is 0.660. The molecule has 0 N–H and O–H groups in total. The molecule has 264 valence electrons. The van der Waals surface area contributed by atoms with E-state index in [-0.39, 0.29) is 5.41 Å². The number of hydrogen-bond donors (Lipinski definition) is 0. The number of fused-ring (bicyclic) bond motifs is 10. The summed E-state index contributed by atoms with van der Waals surface area (Å²) in [5.74, 6) is 0. The minimum absolute atomic E-state index is 0.0908. The maximum Gasteiger partial charge on any atom is 0.0468 e. The van der Waals surface area contributed by atoms with Gasteiger partial charge < -0.3 is 4.90 Å². The molecule has 56 heavy (non-hydrogen) atoms. The molecule has 0 radical (unpaired) electrons. The Morgan fingerprint density at radius 3 is 1.55 bits per heavy atom. The summed E-state index contributed by atoms with van der Waals surface area (Å²) in [6.45, 7) is 4.71. The molecule has 0 aliphatic heterocycles. The van der Waals surface area contributed by atoms with Crippen molar-refractivity contribution in [2.24, 2.45) is 0 Å². The van der Waals surface area contributed by atoms with Crippen LogP contribution < -0.4 is 4.90 Å². The summed E-state index contributed by atoms with van der Waals surface area (Å²) in [7, 11) is 0. The van der Waals surface area contributed by atoms with Crippen molar-refractivity contribution < 1.29 is 0 Å². The Labute approximate surface area is 327 Å². The summed E-state index contributed by atoms with van der Waals surface area (Å²) in [6, 6.07) is 74.0. The van der Waals surface area contributed by atoms with Crippen molar-refractivity contribution in [3.63, 3.8) is 0 Å². The molecule has 1 aliphatic rings. The van der Waals surface area contributed by atoms with Gasteiger partial charge in [-0.25, -0.2) is 0 Å². The number of nitrogens with zero attached hydrogens (tertiary/aromatic N) is 1. The van der Waals surface area contributed by atoms with Crippen LogP contribution in [0.5, 0.6) is 0 Å². The van der Waals surface area contributed by atoms with E-state index in [1.807, 2.05) is 0 Å². The molecule has 11 rings (SSSR count). The molecule has 0 fully saturated rings. The lowest BCUT2D eigenvalue weighted by atomic mass is 9.82. The van der Waals surface area contributed by atoms with Gasteiger partial charge >= 0.3 is 0 Å². The average molecular weight is 714 g/mol. The van der Waals surface area contributed by atoms with Crippen LogP contribution in [0.25, 0.3) is 76.5 Å². The van der Waals surface area contributed by atoms with E-state index < -0.39 is 0 Å². The second-order valence-corrected chi connectivity index (χ2v) is 15.7. The average Bonchev–Trinajstić information content (AvgIpc) is 3.49. The number of anilines is 3. The summed E-state index contributed by atoms with van der Waals surface area (Å²) in [6.07, 6.45) is 0. The van der Waals surface area contributed by atoms with Gasteiger partial charge in [0.15, 0.2) is 0 Å². The van der Waals surface area contributed by atoms with Crippen LogP contribution in [0.4, 0.5) is 17.1 Å². The highest BCUT2D eigenvalue weighted by Crippen LogP contribution is 2.51. The van der Waals surface area contributed by atoms with Gasteiger partial charge in [-0.3, -0.25) is 0 Å². The quantitative estimate of drug-likeness (QED) is 0.161. The van der Waals surface area contributed by atoms with Crippen LogP contribution in [0, 0.1) is 0 Å². The van der Waals surface area contributed by atoms with Crippen molar-refractivity contribution in [1.82, 2.24) is 0 Å². The monoisotopic (exact) mass is 713 g/mol. The van der Waals surface area contributed by atoms with Crippen LogP contribution >= 0.6 is 0 Å². The smallest absolute Gasteiger partial charge is 0.0468 e. The molecule has 1 heteroatoms. The second kappa shape index (κ2) is 12.5. The molecule has 0 saturated carbocycles. The Morgan fingerprint density at radius 1 is 0.304 bits per heavy atom. The van der Waals surface area contributed by atoms with Crippen molar-refractivity contribution >= 4 is 60.2 Å². The fourth-order valence-electron chi connectivity index (χ4n) is 9.36. The molecule has 0 atom stereocenters. The van der Waals surface area contributed by atoms with Gasteiger partial charge in [0.25, 0.3) is 0 Å². The van der Waals surface area contributed by atoms with Gasteiger partial charge in [0, 0.05) is 22.5 Å². The molecule has 0 heterocycles. The normalized spacial score (nSPS) is 13.0. The third kappa shape index (κ3) is 5.08. The van der Waals surface area contributed by atoms with Crippen LogP contribution in [-0.2, 0) is 5.41 Å². The third-order valence-corrected chi connectivity index (χ3v) is 12.2. The maximum atomic E-state index is 2.42. The van der Waals surface area contributed by atoms with Crippen LogP contribution in [0.15, 0.2) is 200 Å². The van der Waals surface area contributed by atoms with Crippen LogP contribution in [0.2, 0.25) is 0 Å². The zero-order valence-electron chi connectivity index (χ0n) is 31.5. The summed E-state index contributed by atoms with van der Waals surface area (Å²) >= 11 is 0. The molecule has 0 bridgehead atoms. The Kier molecular flexibility index (Phi) is 7.28. The Bertz CT molecular complexity index is 3130. The van der Waals surface area contributed by atoms with E-state index in [2.05, 4.69) is 219 Å². The van der Waals surface area contributed by atoms with Gasteiger partial charge in [-0.2, -0.15) is 0 Å². The minimum atomic E-state index is -0.0908. The van der Waals surface area contributed by atoms with Crippen LogP contribution in [0.3, 0.4) is 0 Å². The van der Waals surface area contributed by atoms with Gasteiger partial charge in [0.1, 0.15) is 0 Å². The molecule has 1 aliphatic carbocycles. The molecular weight excluding hydrogens is 675 g/mol. The SMILES string of the molecule is CC1(C)c2ccccc2-c2ccc(N(c3cccc(-c4ccc(-c5ccc6c7ccccc7c7ccccc7c6c5)cc4)c3)c3ccc4ccccc4c3)cc21. The molecule has 1 nitrogen and oxygen atoms in total. The molecule has 0 saturated heterocycles. The predicted molar refractivity (Wildman–Crippen MR) is 240 cm³/mol. The van der Waals surface area contributed by atoms with E-state index in [1.165, 1.54) is 87.6 Å². The molecule has 10 aromatic carbocycles. The van der Waals surface area contributed by atoms with Gasteiger partial charge in [0.05, 0.1) is 0 Å². The summed E-state index contributed by atoms with van der Waals surface area (Å²) < 4.78 is 0. The predicted octanol–water partition coefficient (Wildman–Crippen LogP) is 15.4. The van der Waals surface area contributed by atoms with Crippen molar-refractivity contribution in [3.05, 3.63) is 211 Å². The van der Waals surface area contributed by atoms with Crippen molar-refractivity contribution in [3.8, 4) is 33.4 Å². The molecule has 0 spiro atoms. The Hall–Kier alpha value is -6.96. The van der Waals surface area contributed by atoms with E-state index in [4.69, 9.17) is 0 Å². The van der Waals surface area contributed by atoms with Crippen LogP contribution in [-0.4, -0.2) is 0 Å². The first-order valence-electron chi connectivity index (χ1n) is 19.6. The lowest BCUT2D eigenvalue weighted by Crippen LogP contribution is -2.16. The third-order valence-electron chi connectivity index (χ3n) is 12.2. The summed E-state index contributed by atoms with van der Waals surface area (Å²) in [5.41, 5.74) is 13.6. The van der Waals surface area contributed by atoms with Gasteiger partial charge in [-0.1, -0.05) is 172 Å². The topological polar surface area (TPSA) is 3.24 Å². The van der Waals surface area contributed by atoms with E-state index in [0.29, 0.717) is 0 Å². The molecule has 0 unspecified atom stereocenters. The van der Waals surface area contributed by atoms with Crippen LogP contribution in [0.1, 0.15) is 25.0 Å². The van der Waals surface area contributed by atoms with Crippen molar-refractivity contribution in [2.75, 3.05) is 4.90 Å². The number of hydrogen-bond acceptors (Lipinski definition) is 1. The Balaban J connectivity index is 0.995. The molecule has 10 aromatic rings. The van der Waals surface area contributed by atoms with E-state index in [9.17, 15) is 0 Å². The number of benzene rings is 10. The van der Waals surface area contributed by atoms with E-state index in [1.54, 1.807) is 0 Å². The standard InChI is InChI=1S/C55H39N/c1-55(2)53-21-10-9-20-50(53)51-31-29-44(35-54(51)55)56(43-28-26-36-12-3-4-13-39(36)33-43)42-15-11-14-40(32-42)37-22-24-38(25-23-37)41-27-30-49-47-18-6-5-16-45(47)46-17-7-8-19-48(46)52(49)34-41/h3-35H,1-2H3. The molecule has 0 amide bonds. The fourth-order valence-corrected chi connectivity index (χ4v) is 9.36. The van der Waals surface area contributed by atoms with Crippen molar-refractivity contribution in [1.29, 1.82) is 0 Å². The fraction of sp³-hybridized carbons (Fsp3) is 0.0545. The first kappa shape index (κ1) is 32.5. The van der Waals surface area contributed by atoms with Crippen molar-refractivity contribution in [2.45, 2.75) is 19.3 Å². The summed E-state index contributed by atoms with van der Waals surface area (Å²) in [5, 5.41) is 10.3. The molecular formula is C55H39N. The zero-order chi connectivity index (χ0) is 37.4. The summed E-state index contributed by atoms with van der Waals surface area (Å²) in [4.78, 5) is 2.42.